The Morgan fingerprint density at radius 1 is 1.11 bits per heavy atom. The van der Waals surface area contributed by atoms with E-state index in [0.29, 0.717) is 12.8 Å². The Morgan fingerprint density at radius 3 is 2.61 bits per heavy atom. The zero-order valence-electron chi connectivity index (χ0n) is 16.5. The molecule has 0 amide bonds. The molecular weight excluding hydrogens is 350 g/mol. The molecule has 2 aromatic carbocycles. The molecule has 1 heterocycles. The number of carboxylic acids is 1. The lowest BCUT2D eigenvalue weighted by Crippen LogP contribution is -2.27. The molecule has 146 valence electrons. The Kier molecular flexibility index (Phi) is 5.12. The number of aliphatic carboxylic acids is 1. The van der Waals surface area contributed by atoms with Gasteiger partial charge in [0.2, 0.25) is 0 Å². The van der Waals surface area contributed by atoms with Gasteiger partial charge in [0, 0.05) is 30.6 Å². The fraction of sp³-hybridized carbons (Fsp3) is 0.375. The molecule has 1 saturated carbocycles. The van der Waals surface area contributed by atoms with E-state index < -0.39 is 5.97 Å². The zero-order valence-corrected chi connectivity index (χ0v) is 16.5. The monoisotopic (exact) mass is 377 g/mol. The molecule has 1 aliphatic carbocycles. The molecule has 0 unspecified atom stereocenters. The van der Waals surface area contributed by atoms with Gasteiger partial charge in [-0.1, -0.05) is 29.8 Å². The summed E-state index contributed by atoms with van der Waals surface area (Å²) in [5.74, 6) is -0.0150. The van der Waals surface area contributed by atoms with Crippen molar-refractivity contribution in [2.45, 2.75) is 45.1 Å². The topological polar surface area (TPSA) is 51.5 Å². The average molecular weight is 377 g/mol. The van der Waals surface area contributed by atoms with Gasteiger partial charge in [-0.3, -0.25) is 4.79 Å². The molecule has 4 nitrogen and oxygen atoms in total. The molecule has 0 bridgehead atoms. The number of hydrogen-bond acceptors (Lipinski definition) is 2. The molecule has 0 saturated heterocycles. The largest absolute Gasteiger partial charge is 0.490 e. The van der Waals surface area contributed by atoms with Gasteiger partial charge in [-0.2, -0.15) is 0 Å². The van der Waals surface area contributed by atoms with Gasteiger partial charge >= 0.3 is 5.97 Å². The Morgan fingerprint density at radius 2 is 1.89 bits per heavy atom. The molecular formula is C24H27NO3. The highest BCUT2D eigenvalue weighted by molar-refractivity contribution is 5.83. The summed E-state index contributed by atoms with van der Waals surface area (Å²) in [6.07, 6.45) is 4.03. The Balaban J connectivity index is 1.50. The summed E-state index contributed by atoms with van der Waals surface area (Å²) >= 11 is 0. The second-order valence-electron chi connectivity index (χ2n) is 8.01. The second-order valence-corrected chi connectivity index (χ2v) is 8.01. The van der Waals surface area contributed by atoms with Crippen molar-refractivity contribution in [3.63, 3.8) is 0 Å². The molecule has 28 heavy (non-hydrogen) atoms. The maximum Gasteiger partial charge on any atom is 0.306 e. The van der Waals surface area contributed by atoms with Crippen LogP contribution in [0.25, 0.3) is 10.9 Å². The lowest BCUT2D eigenvalue weighted by molar-refractivity contribution is -0.143. The fourth-order valence-electron chi connectivity index (χ4n) is 4.26. The van der Waals surface area contributed by atoms with E-state index in [1.54, 1.807) is 0 Å². The number of ether oxygens (including phenoxy) is 1. The van der Waals surface area contributed by atoms with Gasteiger partial charge in [0.25, 0.3) is 0 Å². The summed E-state index contributed by atoms with van der Waals surface area (Å²) in [4.78, 5) is 11.1. The van der Waals surface area contributed by atoms with Gasteiger partial charge in [-0.15, -0.1) is 0 Å². The van der Waals surface area contributed by atoms with E-state index in [-0.39, 0.29) is 12.0 Å². The maximum absolute atomic E-state index is 11.1. The van der Waals surface area contributed by atoms with Gasteiger partial charge in [0.1, 0.15) is 5.75 Å². The average Bonchev–Trinajstić information content (AvgIpc) is 2.98. The van der Waals surface area contributed by atoms with Gasteiger partial charge < -0.3 is 14.4 Å². The molecule has 0 aliphatic heterocycles. The summed E-state index contributed by atoms with van der Waals surface area (Å²) in [7, 11) is 2.11. The van der Waals surface area contributed by atoms with Crippen LogP contribution in [0.15, 0.2) is 48.5 Å². The van der Waals surface area contributed by atoms with Crippen molar-refractivity contribution in [3.8, 4) is 5.75 Å². The molecule has 1 N–H and O–H groups in total. The standard InChI is InChI=1S/C24H27NO3/c1-16-4-3-5-17(12-16)13-20-14-19-8-11-22(15-23(19)25(20)2)28-21-9-6-18(7-10-21)24(26)27/h3-5,8,11-12,14-15,18,21H,6-7,9-10,13H2,1-2H3,(H,26,27). The van der Waals surface area contributed by atoms with Crippen LogP contribution in [0.5, 0.6) is 5.75 Å². The van der Waals surface area contributed by atoms with Crippen LogP contribution < -0.4 is 4.74 Å². The SMILES string of the molecule is Cc1cccc(Cc2cc3ccc(OC4CCC(C(=O)O)CC4)cc3n2C)c1. The van der Waals surface area contributed by atoms with Crippen LogP contribution in [0.1, 0.15) is 42.5 Å². The highest BCUT2D eigenvalue weighted by Gasteiger charge is 2.27. The van der Waals surface area contributed by atoms with Crippen LogP contribution in [0.4, 0.5) is 0 Å². The predicted octanol–water partition coefficient (Wildman–Crippen LogP) is 5.10. The maximum atomic E-state index is 11.1. The molecule has 1 aliphatic rings. The first-order valence-electron chi connectivity index (χ1n) is 10.0. The number of rotatable bonds is 5. The first kappa shape index (κ1) is 18.6. The highest BCUT2D eigenvalue weighted by Crippen LogP contribution is 2.30. The summed E-state index contributed by atoms with van der Waals surface area (Å²) in [6, 6.07) is 17.1. The number of aromatic nitrogens is 1. The number of carbonyl (C=O) groups is 1. The molecule has 1 aromatic heterocycles. The van der Waals surface area contributed by atoms with Crippen molar-refractivity contribution < 1.29 is 14.6 Å². The molecule has 3 aromatic rings. The smallest absolute Gasteiger partial charge is 0.306 e. The van der Waals surface area contributed by atoms with Gasteiger partial charge in [-0.05, 0) is 56.4 Å². The van der Waals surface area contributed by atoms with Crippen molar-refractivity contribution >= 4 is 16.9 Å². The second kappa shape index (κ2) is 7.70. The van der Waals surface area contributed by atoms with Crippen LogP contribution >= 0.6 is 0 Å². The molecule has 0 atom stereocenters. The summed E-state index contributed by atoms with van der Waals surface area (Å²) in [5.41, 5.74) is 5.04. The fourth-order valence-corrected chi connectivity index (χ4v) is 4.26. The van der Waals surface area contributed by atoms with Crippen molar-refractivity contribution in [3.05, 3.63) is 65.4 Å². The molecule has 0 radical (unpaired) electrons. The van der Waals surface area contributed by atoms with Gasteiger partial charge in [0.15, 0.2) is 0 Å². The molecule has 1 fully saturated rings. The van der Waals surface area contributed by atoms with Crippen molar-refractivity contribution in [2.24, 2.45) is 13.0 Å². The first-order chi connectivity index (χ1) is 13.5. The number of aryl methyl sites for hydroxylation is 2. The number of hydrogen-bond donors (Lipinski definition) is 1. The first-order valence-corrected chi connectivity index (χ1v) is 10.0. The minimum Gasteiger partial charge on any atom is -0.490 e. The third-order valence-electron chi connectivity index (χ3n) is 5.91. The highest BCUT2D eigenvalue weighted by atomic mass is 16.5. The predicted molar refractivity (Wildman–Crippen MR) is 111 cm³/mol. The van der Waals surface area contributed by atoms with E-state index in [1.165, 1.54) is 27.7 Å². The Hall–Kier alpha value is -2.75. The summed E-state index contributed by atoms with van der Waals surface area (Å²) in [6.45, 7) is 2.12. The van der Waals surface area contributed by atoms with E-state index in [1.807, 2.05) is 6.07 Å². The van der Waals surface area contributed by atoms with Crippen LogP contribution in [0.2, 0.25) is 0 Å². The lowest BCUT2D eigenvalue weighted by atomic mass is 9.87. The van der Waals surface area contributed by atoms with Crippen LogP contribution in [-0.4, -0.2) is 21.7 Å². The van der Waals surface area contributed by atoms with E-state index in [4.69, 9.17) is 9.84 Å². The molecule has 0 spiro atoms. The number of carboxylic acid groups (broad SMARTS) is 1. The van der Waals surface area contributed by atoms with Crippen LogP contribution in [-0.2, 0) is 18.3 Å². The normalized spacial score (nSPS) is 19.6. The van der Waals surface area contributed by atoms with Gasteiger partial charge in [-0.25, -0.2) is 0 Å². The van der Waals surface area contributed by atoms with E-state index >= 15 is 0 Å². The van der Waals surface area contributed by atoms with Gasteiger partial charge in [0.05, 0.1) is 17.5 Å². The minimum atomic E-state index is -0.676. The third kappa shape index (κ3) is 3.91. The lowest BCUT2D eigenvalue weighted by Gasteiger charge is -2.26. The zero-order chi connectivity index (χ0) is 19.7. The van der Waals surface area contributed by atoms with E-state index in [0.717, 1.165) is 25.0 Å². The Labute approximate surface area is 165 Å². The van der Waals surface area contributed by atoms with E-state index in [9.17, 15) is 4.79 Å². The third-order valence-corrected chi connectivity index (χ3v) is 5.91. The van der Waals surface area contributed by atoms with Crippen LogP contribution in [0, 0.1) is 12.8 Å². The number of benzene rings is 2. The quantitative estimate of drug-likeness (QED) is 0.673. The van der Waals surface area contributed by atoms with Crippen LogP contribution in [0.3, 0.4) is 0 Å². The van der Waals surface area contributed by atoms with E-state index in [2.05, 4.69) is 61.0 Å². The number of nitrogens with zero attached hydrogens (tertiary/aromatic N) is 1. The summed E-state index contributed by atoms with van der Waals surface area (Å²) in [5, 5.41) is 10.4. The van der Waals surface area contributed by atoms with Crippen molar-refractivity contribution in [1.29, 1.82) is 0 Å². The Bertz CT molecular complexity index is 996. The minimum absolute atomic E-state index is 0.111. The summed E-state index contributed by atoms with van der Waals surface area (Å²) < 4.78 is 8.43. The number of fused-ring (bicyclic) bond motifs is 1. The molecule has 4 heteroatoms. The van der Waals surface area contributed by atoms with Crippen molar-refractivity contribution in [1.82, 2.24) is 4.57 Å². The van der Waals surface area contributed by atoms with Crippen molar-refractivity contribution in [2.75, 3.05) is 0 Å². The molecule has 4 rings (SSSR count).